The van der Waals surface area contributed by atoms with Gasteiger partial charge >= 0.3 is 0 Å². The number of hydrogen-bond acceptors (Lipinski definition) is 6. The number of nitrogens with zero attached hydrogens (tertiary/aromatic N) is 2. The Balaban J connectivity index is 1.33. The molecule has 3 heterocycles. The molecule has 3 aromatic rings. The second-order valence-corrected chi connectivity index (χ2v) is 6.96. The van der Waals surface area contributed by atoms with Gasteiger partial charge in [-0.25, -0.2) is 9.97 Å². The standard InChI is InChI=1S/C20H21N3O4/c1-12(2)25-20-9-13(5-6-21-20)15-7-16(8-15)26-19-4-3-14(11-22-19)17-10-18(24)23-27-17/h3-6,9-12,15-16H,7-8H2,1-2H3,(H,23,24). The zero-order chi connectivity index (χ0) is 18.8. The third-order valence-electron chi connectivity index (χ3n) is 4.51. The van der Waals surface area contributed by atoms with E-state index in [1.165, 1.54) is 11.6 Å². The molecule has 140 valence electrons. The summed E-state index contributed by atoms with van der Waals surface area (Å²) in [6, 6.07) is 9.05. The molecule has 1 aliphatic rings. The van der Waals surface area contributed by atoms with E-state index in [9.17, 15) is 4.79 Å². The molecule has 0 saturated heterocycles. The van der Waals surface area contributed by atoms with Gasteiger partial charge in [0.05, 0.1) is 12.2 Å². The SMILES string of the molecule is CC(C)Oc1cc(C2CC(Oc3ccc(-c4cc(=O)[nH]o4)cn3)C2)ccn1. The van der Waals surface area contributed by atoms with Gasteiger partial charge in [0.1, 0.15) is 6.10 Å². The minimum absolute atomic E-state index is 0.110. The maximum atomic E-state index is 11.1. The van der Waals surface area contributed by atoms with Crippen LogP contribution in [-0.2, 0) is 0 Å². The van der Waals surface area contributed by atoms with E-state index in [0.29, 0.717) is 23.4 Å². The summed E-state index contributed by atoms with van der Waals surface area (Å²) in [6.07, 6.45) is 5.54. The maximum absolute atomic E-state index is 11.1. The van der Waals surface area contributed by atoms with Crippen LogP contribution in [0.15, 0.2) is 52.0 Å². The van der Waals surface area contributed by atoms with Crippen molar-refractivity contribution in [3.8, 4) is 23.1 Å². The fraction of sp³-hybridized carbons (Fsp3) is 0.350. The molecule has 4 rings (SSSR count). The van der Waals surface area contributed by atoms with Gasteiger partial charge < -0.3 is 14.0 Å². The highest BCUT2D eigenvalue weighted by Crippen LogP contribution is 2.39. The van der Waals surface area contributed by atoms with Crippen molar-refractivity contribution in [3.63, 3.8) is 0 Å². The van der Waals surface area contributed by atoms with Crippen LogP contribution >= 0.6 is 0 Å². The first-order valence-electron chi connectivity index (χ1n) is 9.01. The molecule has 1 fully saturated rings. The van der Waals surface area contributed by atoms with Crippen molar-refractivity contribution in [1.29, 1.82) is 0 Å². The molecule has 27 heavy (non-hydrogen) atoms. The van der Waals surface area contributed by atoms with Crippen molar-refractivity contribution in [2.75, 3.05) is 0 Å². The summed E-state index contributed by atoms with van der Waals surface area (Å²) in [4.78, 5) is 19.7. The van der Waals surface area contributed by atoms with E-state index in [1.54, 1.807) is 18.5 Å². The molecule has 0 amide bonds. The summed E-state index contributed by atoms with van der Waals surface area (Å²) >= 11 is 0. The highest BCUT2D eigenvalue weighted by molar-refractivity contribution is 5.55. The largest absolute Gasteiger partial charge is 0.475 e. The van der Waals surface area contributed by atoms with Gasteiger partial charge in [0.2, 0.25) is 11.8 Å². The number of ether oxygens (including phenoxy) is 2. The monoisotopic (exact) mass is 367 g/mol. The van der Waals surface area contributed by atoms with Crippen LogP contribution in [0.2, 0.25) is 0 Å². The van der Waals surface area contributed by atoms with E-state index < -0.39 is 0 Å². The predicted molar refractivity (Wildman–Crippen MR) is 99.0 cm³/mol. The van der Waals surface area contributed by atoms with Gasteiger partial charge in [-0.1, -0.05) is 0 Å². The Labute approximate surface area is 156 Å². The zero-order valence-corrected chi connectivity index (χ0v) is 15.2. The molecule has 1 aliphatic carbocycles. The molecule has 3 aromatic heterocycles. The second-order valence-electron chi connectivity index (χ2n) is 6.96. The van der Waals surface area contributed by atoms with E-state index in [2.05, 4.69) is 15.1 Å². The summed E-state index contributed by atoms with van der Waals surface area (Å²) < 4.78 is 16.7. The second kappa shape index (κ2) is 7.26. The number of hydrogen-bond donors (Lipinski definition) is 1. The lowest BCUT2D eigenvalue weighted by Crippen LogP contribution is -2.32. The highest BCUT2D eigenvalue weighted by atomic mass is 16.5. The first-order chi connectivity index (χ1) is 13.1. The molecule has 1 saturated carbocycles. The number of rotatable bonds is 6. The van der Waals surface area contributed by atoms with Gasteiger partial charge in [0.15, 0.2) is 5.76 Å². The van der Waals surface area contributed by atoms with Crippen LogP contribution < -0.4 is 15.0 Å². The van der Waals surface area contributed by atoms with Crippen LogP contribution in [0.4, 0.5) is 0 Å². The topological polar surface area (TPSA) is 90.2 Å². The van der Waals surface area contributed by atoms with Crippen molar-refractivity contribution in [1.82, 2.24) is 15.1 Å². The third kappa shape index (κ3) is 4.02. The average molecular weight is 367 g/mol. The van der Waals surface area contributed by atoms with Crippen molar-refractivity contribution >= 4 is 0 Å². The molecule has 7 nitrogen and oxygen atoms in total. The van der Waals surface area contributed by atoms with E-state index in [4.69, 9.17) is 14.0 Å². The lowest BCUT2D eigenvalue weighted by Gasteiger charge is -2.35. The summed E-state index contributed by atoms with van der Waals surface area (Å²) in [5.74, 6) is 2.14. The van der Waals surface area contributed by atoms with Gasteiger partial charge in [0, 0.05) is 30.1 Å². The van der Waals surface area contributed by atoms with Crippen LogP contribution in [-0.4, -0.2) is 27.3 Å². The Kier molecular flexibility index (Phi) is 4.66. The molecule has 0 radical (unpaired) electrons. The number of pyridine rings is 2. The Morgan fingerprint density at radius 2 is 2.00 bits per heavy atom. The molecule has 1 N–H and O–H groups in total. The van der Waals surface area contributed by atoms with Crippen molar-refractivity contribution in [2.24, 2.45) is 0 Å². The van der Waals surface area contributed by atoms with Crippen molar-refractivity contribution < 1.29 is 14.0 Å². The Bertz CT molecular complexity index is 956. The van der Waals surface area contributed by atoms with Crippen molar-refractivity contribution in [3.05, 3.63) is 58.6 Å². The lowest BCUT2D eigenvalue weighted by atomic mass is 9.78. The summed E-state index contributed by atoms with van der Waals surface area (Å²) in [5.41, 5.74) is 1.68. The predicted octanol–water partition coefficient (Wildman–Crippen LogP) is 3.54. The first kappa shape index (κ1) is 17.3. The van der Waals surface area contributed by atoms with Gasteiger partial charge in [-0.2, -0.15) is 5.16 Å². The van der Waals surface area contributed by atoms with Gasteiger partial charge in [0.25, 0.3) is 5.56 Å². The Morgan fingerprint density at radius 1 is 1.15 bits per heavy atom. The fourth-order valence-electron chi connectivity index (χ4n) is 3.11. The molecule has 0 bridgehead atoms. The molecular weight excluding hydrogens is 346 g/mol. The van der Waals surface area contributed by atoms with Crippen molar-refractivity contribution in [2.45, 2.75) is 44.8 Å². The minimum Gasteiger partial charge on any atom is -0.475 e. The molecule has 0 spiro atoms. The van der Waals surface area contributed by atoms with Gasteiger partial charge in [-0.05, 0) is 50.3 Å². The quantitative estimate of drug-likeness (QED) is 0.717. The fourth-order valence-corrected chi connectivity index (χ4v) is 3.11. The Hall–Kier alpha value is -3.09. The number of aromatic amines is 1. The molecule has 7 heteroatoms. The molecule has 0 aliphatic heterocycles. The average Bonchev–Trinajstić information content (AvgIpc) is 3.04. The molecule has 0 aromatic carbocycles. The Morgan fingerprint density at radius 3 is 2.67 bits per heavy atom. The van der Waals surface area contributed by atoms with E-state index in [0.717, 1.165) is 18.4 Å². The summed E-state index contributed by atoms with van der Waals surface area (Å²) in [7, 11) is 0. The molecule has 0 atom stereocenters. The normalized spacial score (nSPS) is 18.9. The number of aromatic nitrogens is 3. The third-order valence-corrected chi connectivity index (χ3v) is 4.51. The minimum atomic E-state index is -0.274. The van der Waals surface area contributed by atoms with Gasteiger partial charge in [-0.3, -0.25) is 4.79 Å². The number of nitrogens with one attached hydrogen (secondary N) is 1. The molecular formula is C20H21N3O4. The van der Waals surface area contributed by atoms with E-state index in [1.807, 2.05) is 32.0 Å². The number of H-pyrrole nitrogens is 1. The summed E-state index contributed by atoms with van der Waals surface area (Å²) in [5, 5.41) is 2.26. The smallest absolute Gasteiger partial charge is 0.280 e. The van der Waals surface area contributed by atoms with E-state index in [-0.39, 0.29) is 17.8 Å². The van der Waals surface area contributed by atoms with E-state index >= 15 is 0 Å². The first-order valence-corrected chi connectivity index (χ1v) is 9.01. The molecule has 0 unspecified atom stereocenters. The van der Waals surface area contributed by atoms with Crippen LogP contribution in [0.25, 0.3) is 11.3 Å². The zero-order valence-electron chi connectivity index (χ0n) is 15.2. The summed E-state index contributed by atoms with van der Waals surface area (Å²) in [6.45, 7) is 3.98. The van der Waals surface area contributed by atoms with Crippen LogP contribution in [0.1, 0.15) is 38.2 Å². The van der Waals surface area contributed by atoms with Crippen LogP contribution in [0.3, 0.4) is 0 Å². The van der Waals surface area contributed by atoms with Crippen LogP contribution in [0, 0.1) is 0 Å². The van der Waals surface area contributed by atoms with Gasteiger partial charge in [-0.15, -0.1) is 0 Å². The van der Waals surface area contributed by atoms with Crippen LogP contribution in [0.5, 0.6) is 11.8 Å². The maximum Gasteiger partial charge on any atom is 0.280 e. The lowest BCUT2D eigenvalue weighted by molar-refractivity contribution is 0.0933. The highest BCUT2D eigenvalue weighted by Gasteiger charge is 2.32.